The third-order valence-corrected chi connectivity index (χ3v) is 11.9. The molecule has 0 radical (unpaired) electrons. The van der Waals surface area contributed by atoms with Gasteiger partial charge in [-0.05, 0) is 6.55 Å². The Morgan fingerprint density at radius 3 is 1.42 bits per heavy atom. The molecule has 0 aliphatic heterocycles. The standard InChI is InChI=1S/C11H26O10Si3/c1-9-11(12)19-10-22(8,20-23(13-2,14-3)15-4)21-24(16-5,17-6)18-7/h9H,1,10H2,2-8H3. The second-order valence-electron chi connectivity index (χ2n) is 4.37. The van der Waals surface area contributed by atoms with Crippen molar-refractivity contribution in [1.82, 2.24) is 0 Å². The van der Waals surface area contributed by atoms with Crippen LogP contribution in [-0.2, 0) is 44.3 Å². The number of hydrogen-bond donors (Lipinski definition) is 0. The van der Waals surface area contributed by atoms with Gasteiger partial charge in [0.25, 0.3) is 0 Å². The SMILES string of the molecule is C=CC(=O)OC[Si](C)(O[Si](OC)(OC)OC)O[Si](OC)(OC)OC. The van der Waals surface area contributed by atoms with Crippen LogP contribution in [0.2, 0.25) is 6.55 Å². The summed E-state index contributed by atoms with van der Waals surface area (Å²) in [5, 5.41) is 0. The smallest absolute Gasteiger partial charge is 0.461 e. The Morgan fingerprint density at radius 1 is 0.833 bits per heavy atom. The maximum atomic E-state index is 11.4. The topological polar surface area (TPSA) is 100 Å². The zero-order valence-corrected chi connectivity index (χ0v) is 18.1. The first kappa shape index (κ1) is 23.5. The summed E-state index contributed by atoms with van der Waals surface area (Å²) in [4.78, 5) is 11.4. The largest absolute Gasteiger partial charge is 0.669 e. The molecule has 0 spiro atoms. The summed E-state index contributed by atoms with van der Waals surface area (Å²) in [6.45, 7) is 4.95. The lowest BCUT2D eigenvalue weighted by molar-refractivity contribution is -0.136. The molecule has 0 aromatic carbocycles. The van der Waals surface area contributed by atoms with Crippen molar-refractivity contribution < 1.29 is 44.3 Å². The van der Waals surface area contributed by atoms with Gasteiger partial charge in [0.05, 0.1) is 0 Å². The van der Waals surface area contributed by atoms with Crippen LogP contribution in [0, 0.1) is 0 Å². The number of hydrogen-bond acceptors (Lipinski definition) is 10. The molecule has 0 N–H and O–H groups in total. The van der Waals surface area contributed by atoms with Gasteiger partial charge in [-0.25, -0.2) is 4.79 Å². The molecule has 0 aliphatic rings. The van der Waals surface area contributed by atoms with Crippen molar-refractivity contribution in [1.29, 1.82) is 0 Å². The molecule has 0 amide bonds. The van der Waals surface area contributed by atoms with E-state index in [0.717, 1.165) is 6.08 Å². The van der Waals surface area contributed by atoms with E-state index in [9.17, 15) is 4.79 Å². The van der Waals surface area contributed by atoms with Crippen LogP contribution in [0.15, 0.2) is 12.7 Å². The summed E-state index contributed by atoms with van der Waals surface area (Å²) < 4.78 is 48.3. The Balaban J connectivity index is 5.56. The molecule has 0 heterocycles. The second kappa shape index (κ2) is 10.5. The van der Waals surface area contributed by atoms with Gasteiger partial charge < -0.3 is 39.5 Å². The molecule has 0 rings (SSSR count). The molecule has 0 saturated carbocycles. The Labute approximate surface area is 145 Å². The minimum absolute atomic E-state index is 0.215. The predicted octanol–water partition coefficient (Wildman–Crippen LogP) is 0.110. The summed E-state index contributed by atoms with van der Waals surface area (Å²) in [6.07, 6.45) is 0.809. The van der Waals surface area contributed by atoms with Crippen molar-refractivity contribution >= 4 is 32.6 Å². The van der Waals surface area contributed by atoms with Gasteiger partial charge in [0.2, 0.25) is 0 Å². The molecule has 0 atom stereocenters. The van der Waals surface area contributed by atoms with E-state index in [0.29, 0.717) is 0 Å². The fourth-order valence-corrected chi connectivity index (χ4v) is 10.3. The minimum atomic E-state index is -3.50. The molecule has 0 aromatic rings. The molecule has 10 nitrogen and oxygen atoms in total. The van der Waals surface area contributed by atoms with Crippen LogP contribution in [0.1, 0.15) is 0 Å². The first-order valence-corrected chi connectivity index (χ1v) is 12.5. The van der Waals surface area contributed by atoms with Crippen LogP contribution in [-0.4, -0.2) is 81.5 Å². The van der Waals surface area contributed by atoms with E-state index in [1.807, 2.05) is 0 Å². The Bertz CT molecular complexity index is 361. The highest BCUT2D eigenvalue weighted by molar-refractivity contribution is 6.80. The summed E-state index contributed by atoms with van der Waals surface area (Å²) in [6, 6.07) is 0. The van der Waals surface area contributed by atoms with Gasteiger partial charge >= 0.3 is 32.6 Å². The fraction of sp³-hybridized carbons (Fsp3) is 0.727. The van der Waals surface area contributed by atoms with E-state index >= 15 is 0 Å². The predicted molar refractivity (Wildman–Crippen MR) is 88.5 cm³/mol. The number of carbonyl (C=O) groups excluding carboxylic acids is 1. The number of carbonyl (C=O) groups is 1. The number of esters is 1. The third kappa shape index (κ3) is 6.45. The van der Waals surface area contributed by atoms with Crippen molar-refractivity contribution in [3.05, 3.63) is 12.7 Å². The van der Waals surface area contributed by atoms with E-state index in [1.165, 1.54) is 42.7 Å². The van der Waals surface area contributed by atoms with E-state index < -0.39 is 32.6 Å². The average molecular weight is 403 g/mol. The molecule has 0 fully saturated rings. The monoisotopic (exact) mass is 402 g/mol. The van der Waals surface area contributed by atoms with E-state index in [-0.39, 0.29) is 6.23 Å². The van der Waals surface area contributed by atoms with Crippen LogP contribution < -0.4 is 0 Å². The highest BCUT2D eigenvalue weighted by Crippen LogP contribution is 2.23. The summed E-state index contributed by atoms with van der Waals surface area (Å²) >= 11 is 0. The third-order valence-electron chi connectivity index (χ3n) is 2.83. The van der Waals surface area contributed by atoms with Gasteiger partial charge in [-0.1, -0.05) is 6.58 Å². The van der Waals surface area contributed by atoms with Gasteiger partial charge in [0.1, 0.15) is 6.23 Å². The molecular weight excluding hydrogens is 376 g/mol. The molecule has 0 bridgehead atoms. The van der Waals surface area contributed by atoms with E-state index in [1.54, 1.807) is 6.55 Å². The van der Waals surface area contributed by atoms with Gasteiger partial charge in [0, 0.05) is 48.7 Å². The average Bonchev–Trinajstić information content (AvgIpc) is 2.62. The lowest BCUT2D eigenvalue weighted by Crippen LogP contribution is -2.64. The quantitative estimate of drug-likeness (QED) is 0.240. The molecular formula is C11H26O10Si3. The first-order valence-electron chi connectivity index (χ1n) is 6.74. The normalized spacial score (nSPS) is 13.0. The maximum absolute atomic E-state index is 11.4. The summed E-state index contributed by atoms with van der Waals surface area (Å²) in [5.74, 6) is -0.639. The van der Waals surface area contributed by atoms with Crippen LogP contribution >= 0.6 is 0 Å². The van der Waals surface area contributed by atoms with Crippen molar-refractivity contribution in [3.63, 3.8) is 0 Å². The summed E-state index contributed by atoms with van der Waals surface area (Å²) in [7, 11) is -2.10. The molecule has 0 unspecified atom stereocenters. The van der Waals surface area contributed by atoms with Crippen LogP contribution in [0.4, 0.5) is 0 Å². The maximum Gasteiger partial charge on any atom is 0.669 e. The molecule has 13 heteroatoms. The number of rotatable bonds is 13. The Hall–Kier alpha value is -0.459. The number of ether oxygens (including phenoxy) is 1. The van der Waals surface area contributed by atoms with Crippen LogP contribution in [0.25, 0.3) is 0 Å². The van der Waals surface area contributed by atoms with Crippen molar-refractivity contribution in [3.8, 4) is 0 Å². The van der Waals surface area contributed by atoms with Gasteiger partial charge in [-0.2, -0.15) is 0 Å². The Kier molecular flexibility index (Phi) is 10.3. The molecule has 0 aliphatic carbocycles. The highest BCUT2D eigenvalue weighted by atomic mass is 28.5. The summed E-state index contributed by atoms with van der Waals surface area (Å²) in [5.41, 5.74) is 0. The Morgan fingerprint density at radius 2 is 1.17 bits per heavy atom. The van der Waals surface area contributed by atoms with Crippen molar-refractivity contribution in [2.45, 2.75) is 6.55 Å². The van der Waals surface area contributed by atoms with Crippen molar-refractivity contribution in [2.75, 3.05) is 48.9 Å². The zero-order valence-electron chi connectivity index (χ0n) is 15.1. The molecule has 0 saturated heterocycles. The highest BCUT2D eigenvalue weighted by Gasteiger charge is 2.58. The molecule has 0 aromatic heterocycles. The van der Waals surface area contributed by atoms with Gasteiger partial charge in [-0.15, -0.1) is 0 Å². The second-order valence-corrected chi connectivity index (χ2v) is 13.0. The van der Waals surface area contributed by atoms with Crippen molar-refractivity contribution in [2.24, 2.45) is 0 Å². The van der Waals surface area contributed by atoms with E-state index in [2.05, 4.69) is 6.58 Å². The fourth-order valence-electron chi connectivity index (χ4n) is 1.62. The van der Waals surface area contributed by atoms with Crippen LogP contribution in [0.3, 0.4) is 0 Å². The zero-order chi connectivity index (χ0) is 18.9. The lowest BCUT2D eigenvalue weighted by atomic mass is 10.7. The van der Waals surface area contributed by atoms with E-state index in [4.69, 9.17) is 39.5 Å². The lowest BCUT2D eigenvalue weighted by Gasteiger charge is -2.37. The minimum Gasteiger partial charge on any atom is -0.461 e. The van der Waals surface area contributed by atoms with Gasteiger partial charge in [-0.3, -0.25) is 0 Å². The van der Waals surface area contributed by atoms with Crippen LogP contribution in [0.5, 0.6) is 0 Å². The molecule has 142 valence electrons. The van der Waals surface area contributed by atoms with Gasteiger partial charge in [0.15, 0.2) is 0 Å². The first-order chi connectivity index (χ1) is 11.2. The molecule has 24 heavy (non-hydrogen) atoms.